The number of benzene rings is 1. The monoisotopic (exact) mass is 564 g/mol. The number of hydrogen-bond acceptors (Lipinski definition) is 8. The number of amidine groups is 1. The highest BCUT2D eigenvalue weighted by molar-refractivity contribution is 9.10. The first kappa shape index (κ1) is 25.3. The number of fused-ring (bicyclic) bond motifs is 4. The van der Waals surface area contributed by atoms with Gasteiger partial charge in [0.1, 0.15) is 34.7 Å². The van der Waals surface area contributed by atoms with Crippen LogP contribution in [0.15, 0.2) is 27.7 Å². The van der Waals surface area contributed by atoms with E-state index in [0.717, 1.165) is 39.9 Å². The third kappa shape index (κ3) is 3.79. The van der Waals surface area contributed by atoms with Crippen LogP contribution in [0.5, 0.6) is 5.75 Å². The quantitative estimate of drug-likeness (QED) is 0.408. The summed E-state index contributed by atoms with van der Waals surface area (Å²) in [5.74, 6) is 0.727. The average Bonchev–Trinajstić information content (AvgIpc) is 3.08. The Kier molecular flexibility index (Phi) is 5.69. The second kappa shape index (κ2) is 8.08. The van der Waals surface area contributed by atoms with E-state index in [9.17, 15) is 9.59 Å². The maximum absolute atomic E-state index is 13.3. The van der Waals surface area contributed by atoms with E-state index in [1.165, 1.54) is 0 Å². The lowest BCUT2D eigenvalue weighted by atomic mass is 9.49. The van der Waals surface area contributed by atoms with Gasteiger partial charge in [0.25, 0.3) is 0 Å². The second-order valence-corrected chi connectivity index (χ2v) is 12.9. The minimum Gasteiger partial charge on any atom is -0.486 e. The van der Waals surface area contributed by atoms with Gasteiger partial charge in [-0.3, -0.25) is 0 Å². The van der Waals surface area contributed by atoms with Crippen LogP contribution in [0.25, 0.3) is 0 Å². The molecule has 1 saturated carbocycles. The molecule has 0 aromatic heterocycles. The molecule has 0 N–H and O–H groups in total. The molecule has 1 aliphatic carbocycles. The summed E-state index contributed by atoms with van der Waals surface area (Å²) in [7, 11) is 0. The van der Waals surface area contributed by atoms with E-state index < -0.39 is 39.9 Å². The number of ether oxygens (including phenoxy) is 5. The van der Waals surface area contributed by atoms with E-state index >= 15 is 0 Å². The fraction of sp³-hybridized carbons (Fsp3) is 0.654. The van der Waals surface area contributed by atoms with Crippen molar-refractivity contribution in [3.8, 4) is 5.75 Å². The normalized spacial score (nSPS) is 25.1. The molecule has 196 valence electrons. The molecule has 3 heterocycles. The van der Waals surface area contributed by atoms with Gasteiger partial charge in [-0.1, -0.05) is 15.9 Å². The van der Waals surface area contributed by atoms with E-state index in [2.05, 4.69) is 15.9 Å². The molecule has 1 saturated heterocycles. The number of nitrogens with zero attached hydrogens (tertiary/aromatic N) is 2. The van der Waals surface area contributed by atoms with Crippen LogP contribution in [0.3, 0.4) is 0 Å². The van der Waals surface area contributed by atoms with Gasteiger partial charge in [-0.2, -0.15) is 0 Å². The largest absolute Gasteiger partial charge is 0.486 e. The summed E-state index contributed by atoms with van der Waals surface area (Å²) >= 11 is 3.58. The van der Waals surface area contributed by atoms with Gasteiger partial charge in [0.05, 0.1) is 18.6 Å². The van der Waals surface area contributed by atoms with Gasteiger partial charge >= 0.3 is 18.2 Å². The van der Waals surface area contributed by atoms with Crippen LogP contribution in [0.4, 0.5) is 9.59 Å². The Balaban J connectivity index is 1.64. The van der Waals surface area contributed by atoms with Crippen LogP contribution < -0.4 is 4.74 Å². The summed E-state index contributed by atoms with van der Waals surface area (Å²) in [6.07, 6.45) is 0.974. The minimum atomic E-state index is -0.916. The van der Waals surface area contributed by atoms with Crippen LogP contribution in [0.2, 0.25) is 0 Å². The van der Waals surface area contributed by atoms with Crippen molar-refractivity contribution in [1.29, 1.82) is 0 Å². The molecule has 0 bridgehead atoms. The third-order valence-electron chi connectivity index (χ3n) is 7.25. The Labute approximate surface area is 219 Å². The SMILES string of the molecule is CC(C)(C)OC(=O)N(C(=O)OC(C)(C)C)C1=NC2(CO1)c1cc(Br)ccc1OC1(CCC1)C21COC1. The number of hydrogen-bond donors (Lipinski definition) is 0. The Hall–Kier alpha value is -2.33. The van der Waals surface area contributed by atoms with Gasteiger partial charge in [0.15, 0.2) is 0 Å². The highest BCUT2D eigenvalue weighted by Crippen LogP contribution is 2.67. The van der Waals surface area contributed by atoms with Crippen LogP contribution in [-0.4, -0.2) is 59.7 Å². The van der Waals surface area contributed by atoms with E-state index in [-0.39, 0.29) is 12.6 Å². The lowest BCUT2D eigenvalue weighted by Gasteiger charge is -2.66. The highest BCUT2D eigenvalue weighted by atomic mass is 79.9. The Bertz CT molecular complexity index is 1100. The molecule has 1 aromatic carbocycles. The van der Waals surface area contributed by atoms with Crippen LogP contribution >= 0.6 is 15.9 Å². The Morgan fingerprint density at radius 3 is 2.08 bits per heavy atom. The van der Waals surface area contributed by atoms with Gasteiger partial charge in [0, 0.05) is 10.0 Å². The van der Waals surface area contributed by atoms with E-state index in [1.807, 2.05) is 18.2 Å². The van der Waals surface area contributed by atoms with Crippen molar-refractivity contribution in [3.63, 3.8) is 0 Å². The van der Waals surface area contributed by atoms with Crippen molar-refractivity contribution in [2.75, 3.05) is 19.8 Å². The molecule has 3 spiro atoms. The predicted octanol–water partition coefficient (Wildman–Crippen LogP) is 5.53. The maximum Gasteiger partial charge on any atom is 0.428 e. The van der Waals surface area contributed by atoms with Crippen LogP contribution in [0, 0.1) is 5.41 Å². The lowest BCUT2D eigenvalue weighted by molar-refractivity contribution is -0.281. The van der Waals surface area contributed by atoms with E-state index in [1.54, 1.807) is 41.5 Å². The molecule has 9 nitrogen and oxygen atoms in total. The summed E-state index contributed by atoms with van der Waals surface area (Å²) in [6.45, 7) is 11.4. The summed E-state index contributed by atoms with van der Waals surface area (Å²) in [5.41, 5.74) is -2.72. The Morgan fingerprint density at radius 2 is 1.61 bits per heavy atom. The molecule has 0 radical (unpaired) electrons. The standard InChI is InChI=1S/C26H33BrN2O7/c1-22(2,3)35-20(30)29(21(31)36-23(4,5)6)19-28-26(15-33-19)17-12-16(27)8-9-18(17)34-25(10-7-11-25)24(26)13-32-14-24/h8-9,12H,7,10-11,13-15H2,1-6H3. The number of carbonyl (C=O) groups is 2. The first-order chi connectivity index (χ1) is 16.7. The summed E-state index contributed by atoms with van der Waals surface area (Å²) in [5, 5.41) is 0. The van der Waals surface area contributed by atoms with Crippen LogP contribution in [-0.2, 0) is 24.5 Å². The number of aliphatic imine (C=N–C) groups is 1. The lowest BCUT2D eigenvalue weighted by Crippen LogP contribution is -2.75. The van der Waals surface area contributed by atoms with E-state index in [0.29, 0.717) is 13.2 Å². The maximum atomic E-state index is 13.3. The van der Waals surface area contributed by atoms with Crippen molar-refractivity contribution in [2.24, 2.45) is 10.4 Å². The zero-order chi connectivity index (χ0) is 26.1. The highest BCUT2D eigenvalue weighted by Gasteiger charge is 2.75. The van der Waals surface area contributed by atoms with Gasteiger partial charge in [0.2, 0.25) is 0 Å². The average molecular weight is 565 g/mol. The minimum absolute atomic E-state index is 0.127. The molecule has 1 unspecified atom stereocenters. The molecule has 5 rings (SSSR count). The van der Waals surface area contributed by atoms with Crippen molar-refractivity contribution in [1.82, 2.24) is 4.90 Å². The molecule has 3 aliphatic heterocycles. The number of imide groups is 1. The van der Waals surface area contributed by atoms with Crippen molar-refractivity contribution >= 4 is 34.1 Å². The van der Waals surface area contributed by atoms with Crippen LogP contribution in [0.1, 0.15) is 66.4 Å². The summed E-state index contributed by atoms with van der Waals surface area (Å²) < 4.78 is 30.5. The number of carbonyl (C=O) groups excluding carboxylic acids is 2. The zero-order valence-corrected chi connectivity index (χ0v) is 23.2. The van der Waals surface area contributed by atoms with E-state index in [4.69, 9.17) is 28.7 Å². The summed E-state index contributed by atoms with van der Waals surface area (Å²) in [6, 6.07) is 5.69. The van der Waals surface area contributed by atoms with Gasteiger partial charge in [-0.15, -0.1) is 4.90 Å². The molecule has 4 aliphatic rings. The third-order valence-corrected chi connectivity index (χ3v) is 7.75. The molecule has 2 amide bonds. The van der Waals surface area contributed by atoms with Gasteiger partial charge in [-0.05, 0) is 79.0 Å². The number of amides is 2. The fourth-order valence-electron chi connectivity index (χ4n) is 5.48. The number of halogens is 1. The van der Waals surface area contributed by atoms with Crippen molar-refractivity contribution < 1.29 is 33.3 Å². The number of rotatable bonds is 0. The van der Waals surface area contributed by atoms with Gasteiger partial charge in [-0.25, -0.2) is 14.6 Å². The zero-order valence-electron chi connectivity index (χ0n) is 21.6. The molecule has 2 fully saturated rings. The first-order valence-corrected chi connectivity index (χ1v) is 13.1. The summed E-state index contributed by atoms with van der Waals surface area (Å²) in [4.78, 5) is 32.4. The van der Waals surface area contributed by atoms with Crippen molar-refractivity contribution in [2.45, 2.75) is 83.1 Å². The van der Waals surface area contributed by atoms with Gasteiger partial charge < -0.3 is 23.7 Å². The van der Waals surface area contributed by atoms with Crippen molar-refractivity contribution in [3.05, 3.63) is 28.2 Å². The second-order valence-electron chi connectivity index (χ2n) is 12.0. The first-order valence-electron chi connectivity index (χ1n) is 12.3. The molecular formula is C26H33BrN2O7. The Morgan fingerprint density at radius 1 is 1.00 bits per heavy atom. The fourth-order valence-corrected chi connectivity index (χ4v) is 5.85. The molecular weight excluding hydrogens is 532 g/mol. The molecule has 10 heteroatoms. The smallest absolute Gasteiger partial charge is 0.428 e. The molecule has 1 aromatic rings. The predicted molar refractivity (Wildman–Crippen MR) is 134 cm³/mol. The molecule has 36 heavy (non-hydrogen) atoms. The topological polar surface area (TPSA) is 95.9 Å². The molecule has 1 atom stereocenters.